The summed E-state index contributed by atoms with van der Waals surface area (Å²) in [7, 11) is -1.86. The SMILES string of the molecule is CC(=O)NCn1cc(-c2ccc(N3CCS(=O)(=O)CC3)c(F)c2)c(=O)o1.CC(=O)NCn1cc(-c2ccc(N3CCSCC3)c(F)c2)c(=O)o1.CN=O.[O]=[Os](=[O])(=[O])=[O]. The Morgan fingerprint density at radius 2 is 1.12 bits per heavy atom. The van der Waals surface area contributed by atoms with Crippen LogP contribution in [0.15, 0.2) is 72.6 Å². The summed E-state index contributed by atoms with van der Waals surface area (Å²) in [6, 6.07) is 9.09. The van der Waals surface area contributed by atoms with E-state index < -0.39 is 41.7 Å². The second-order valence-electron chi connectivity index (χ2n) is 12.1. The molecule has 58 heavy (non-hydrogen) atoms. The Morgan fingerprint density at radius 3 is 1.47 bits per heavy atom. The Hall–Kier alpha value is -5.40. The fourth-order valence-electron chi connectivity index (χ4n) is 5.30. The second-order valence-corrected chi connectivity index (χ2v) is 18.1. The minimum absolute atomic E-state index is 0.00656. The number of sulfone groups is 1. The molecule has 0 saturated carbocycles. The average Bonchev–Trinajstić information content (AvgIpc) is 3.71. The molecule has 4 aromatic rings. The van der Waals surface area contributed by atoms with Gasteiger partial charge in [0.15, 0.2) is 9.84 Å². The van der Waals surface area contributed by atoms with Crippen LogP contribution >= 0.6 is 11.8 Å². The Morgan fingerprint density at radius 1 is 0.759 bits per heavy atom. The quantitative estimate of drug-likeness (QED) is 0.240. The van der Waals surface area contributed by atoms with Crippen molar-refractivity contribution in [3.63, 3.8) is 0 Å². The molecule has 2 aliphatic rings. The van der Waals surface area contributed by atoms with Crippen LogP contribution in [0.1, 0.15) is 13.8 Å². The van der Waals surface area contributed by atoms with Gasteiger partial charge in [0.1, 0.15) is 25.0 Å². The fourth-order valence-corrected chi connectivity index (χ4v) is 7.40. The first-order chi connectivity index (χ1) is 27.2. The van der Waals surface area contributed by atoms with Gasteiger partial charge in [-0.25, -0.2) is 26.8 Å². The molecule has 2 amide bonds. The van der Waals surface area contributed by atoms with Crippen molar-refractivity contribution >= 4 is 44.8 Å². The first kappa shape index (κ1) is 47.0. The number of nitrogens with one attached hydrogen (secondary N) is 2. The van der Waals surface area contributed by atoms with Crippen LogP contribution in [0.4, 0.5) is 20.2 Å². The summed E-state index contributed by atoms with van der Waals surface area (Å²) in [5, 5.41) is 7.26. The van der Waals surface area contributed by atoms with Crippen molar-refractivity contribution in [1.29, 1.82) is 0 Å². The molecule has 6 rings (SSSR count). The topological polar surface area (TPSA) is 267 Å². The number of carbonyl (C=O) groups excluding carboxylic acids is 2. The third kappa shape index (κ3) is 15.2. The maximum atomic E-state index is 14.5. The fraction of sp³-hybridized carbons (Fsp3) is 0.394. The van der Waals surface area contributed by atoms with Gasteiger partial charge in [0, 0.05) is 51.5 Å². The van der Waals surface area contributed by atoms with Gasteiger partial charge in [-0.1, -0.05) is 17.3 Å². The molecule has 0 unspecified atom stereocenters. The molecule has 25 heteroatoms. The maximum absolute atomic E-state index is 14.5. The summed E-state index contributed by atoms with van der Waals surface area (Å²) in [6.45, 7) is 4.84. The first-order valence-corrected chi connectivity index (χ1v) is 23.9. The monoisotopic (exact) mass is 1040 g/mol. The predicted molar refractivity (Wildman–Crippen MR) is 199 cm³/mol. The third-order valence-corrected chi connectivity index (χ3v) is 10.5. The molecule has 0 aliphatic carbocycles. The Kier molecular flexibility index (Phi) is 17.3. The molecule has 0 radical (unpaired) electrons. The van der Waals surface area contributed by atoms with Crippen LogP contribution in [0, 0.1) is 16.5 Å². The molecule has 0 bridgehead atoms. The van der Waals surface area contributed by atoms with Crippen LogP contribution in [0.5, 0.6) is 0 Å². The van der Waals surface area contributed by atoms with Crippen LogP contribution in [-0.2, 0) is 61.8 Å². The molecule has 0 spiro atoms. The van der Waals surface area contributed by atoms with Crippen LogP contribution < -0.4 is 31.7 Å². The molecule has 4 heterocycles. The van der Waals surface area contributed by atoms with E-state index in [0.29, 0.717) is 22.5 Å². The van der Waals surface area contributed by atoms with Crippen molar-refractivity contribution in [2.24, 2.45) is 5.18 Å². The summed E-state index contributed by atoms with van der Waals surface area (Å²) in [6.07, 6.45) is 2.85. The van der Waals surface area contributed by atoms with Gasteiger partial charge in [0.2, 0.25) is 11.8 Å². The van der Waals surface area contributed by atoms with Gasteiger partial charge in [-0.2, -0.15) is 26.1 Å². The first-order valence-electron chi connectivity index (χ1n) is 16.8. The van der Waals surface area contributed by atoms with Crippen molar-refractivity contribution in [3.8, 4) is 22.3 Å². The van der Waals surface area contributed by atoms with Crippen molar-refractivity contribution in [3.05, 3.63) is 86.2 Å². The summed E-state index contributed by atoms with van der Waals surface area (Å²) in [4.78, 5) is 58.0. The van der Waals surface area contributed by atoms with Crippen LogP contribution in [-0.4, -0.2) is 85.9 Å². The molecule has 2 N–H and O–H groups in total. The standard InChI is InChI=1S/C16H18FN3O5S.C16H18FN3O3S.CH3NO.4O.Os/c1-11(21)18-10-20-9-13(16(22)25-20)12-2-3-15(14(17)8-12)19-4-6-26(23,24)7-5-19;1-11(21)18-10-20-9-13(16(22)23-20)12-2-3-15(14(17)8-12)19-4-6-24-7-5-19;1-2-3;;;;;/h2-3,8-9H,4-7,10H2,1H3,(H,18,21);2-3,8-9H,4-7,10H2,1H3,(H,18,21);1H3;;;;;. The van der Waals surface area contributed by atoms with Gasteiger partial charge >= 0.3 is 40.2 Å². The van der Waals surface area contributed by atoms with Crippen molar-refractivity contribution in [1.82, 2.24) is 20.1 Å². The summed E-state index contributed by atoms with van der Waals surface area (Å²) >= 11 is -4.20. The van der Waals surface area contributed by atoms with Gasteiger partial charge < -0.3 is 29.5 Å². The zero-order chi connectivity index (χ0) is 43.2. The number of anilines is 2. The van der Waals surface area contributed by atoms with E-state index in [0.717, 1.165) is 29.3 Å². The van der Waals surface area contributed by atoms with Gasteiger partial charge in [-0.15, -0.1) is 0 Å². The van der Waals surface area contributed by atoms with E-state index in [1.807, 2.05) is 16.7 Å². The Bertz CT molecular complexity index is 2520. The van der Waals surface area contributed by atoms with Gasteiger partial charge in [0.05, 0.1) is 53.4 Å². The second kappa shape index (κ2) is 21.4. The van der Waals surface area contributed by atoms with E-state index in [-0.39, 0.29) is 66.7 Å². The molecule has 2 aromatic carbocycles. The summed E-state index contributed by atoms with van der Waals surface area (Å²) < 4.78 is 98.9. The van der Waals surface area contributed by atoms with Crippen molar-refractivity contribution in [2.75, 3.05) is 66.0 Å². The van der Waals surface area contributed by atoms with Crippen LogP contribution in [0.3, 0.4) is 0 Å². The number of amides is 2. The molecular formula is C33H39F2N7O13OsS2. The number of hydrogen-bond acceptors (Lipinski definition) is 17. The number of halogens is 2. The van der Waals surface area contributed by atoms with E-state index in [4.69, 9.17) is 28.1 Å². The molecule has 2 saturated heterocycles. The normalized spacial score (nSPS) is 14.6. The molecule has 20 nitrogen and oxygen atoms in total. The molecule has 2 aliphatic heterocycles. The van der Waals surface area contributed by atoms with Crippen molar-refractivity contribution < 1.29 is 64.8 Å². The van der Waals surface area contributed by atoms with E-state index in [2.05, 4.69) is 15.8 Å². The zero-order valence-electron chi connectivity index (χ0n) is 31.2. The van der Waals surface area contributed by atoms with Crippen molar-refractivity contribution in [2.45, 2.75) is 27.2 Å². The number of aromatic nitrogens is 2. The number of nitroso groups, excluding NO2 is 1. The summed E-state index contributed by atoms with van der Waals surface area (Å²) in [5.41, 5.74) is 0.867. The van der Waals surface area contributed by atoms with E-state index in [9.17, 15) is 36.4 Å². The van der Waals surface area contributed by atoms with E-state index >= 15 is 0 Å². The molecule has 318 valence electrons. The third-order valence-electron chi connectivity index (χ3n) is 7.91. The van der Waals surface area contributed by atoms with Gasteiger partial charge in [-0.3, -0.25) is 9.59 Å². The predicted octanol–water partition coefficient (Wildman–Crippen LogP) is 2.37. The van der Waals surface area contributed by atoms with Gasteiger partial charge in [-0.05, 0) is 35.4 Å². The number of nitrogens with zero attached hydrogens (tertiary/aromatic N) is 5. The number of hydrogen-bond donors (Lipinski definition) is 2. The van der Waals surface area contributed by atoms with E-state index in [1.54, 1.807) is 23.1 Å². The molecule has 2 fully saturated rings. The van der Waals surface area contributed by atoms with Crippen LogP contribution in [0.2, 0.25) is 0 Å². The Labute approximate surface area is 335 Å². The van der Waals surface area contributed by atoms with Crippen LogP contribution in [0.25, 0.3) is 22.3 Å². The molecular weight excluding hydrogens is 995 g/mol. The molecule has 0 atom stereocenters. The Balaban J connectivity index is 0.000000263. The number of benzene rings is 2. The van der Waals surface area contributed by atoms with Gasteiger partial charge in [0.25, 0.3) is 0 Å². The average molecular weight is 1030 g/mol. The number of carbonyl (C=O) groups is 2. The zero-order valence-corrected chi connectivity index (χ0v) is 35.3. The number of rotatable bonds is 8. The van der Waals surface area contributed by atoms with E-state index in [1.165, 1.54) is 56.2 Å². The summed E-state index contributed by atoms with van der Waals surface area (Å²) in [5.74, 6) is 0.537. The molecule has 2 aromatic heterocycles. The number of thioether (sulfide) groups is 1. The minimum atomic E-state index is -6.06.